The summed E-state index contributed by atoms with van der Waals surface area (Å²) in [5.74, 6) is 0.0457. The number of rotatable bonds is 6. The van der Waals surface area contributed by atoms with Gasteiger partial charge < -0.3 is 0 Å². The zero-order valence-corrected chi connectivity index (χ0v) is 14.0. The highest BCUT2D eigenvalue weighted by Gasteiger charge is 2.25. The zero-order valence-electron chi connectivity index (χ0n) is 13.2. The number of H-pyrrole nitrogens is 1. The summed E-state index contributed by atoms with van der Waals surface area (Å²) >= 11 is 0. The van der Waals surface area contributed by atoms with E-state index in [1.165, 1.54) is 12.4 Å². The first-order valence-electron chi connectivity index (χ1n) is 7.68. The van der Waals surface area contributed by atoms with Crippen molar-refractivity contribution in [3.05, 3.63) is 42.2 Å². The molecule has 0 spiro atoms. The molecule has 0 unspecified atom stereocenters. The van der Waals surface area contributed by atoms with Gasteiger partial charge in [-0.05, 0) is 12.0 Å². The molecule has 0 atom stereocenters. The van der Waals surface area contributed by atoms with E-state index in [0.29, 0.717) is 34.1 Å². The van der Waals surface area contributed by atoms with Gasteiger partial charge >= 0.3 is 0 Å². The van der Waals surface area contributed by atoms with Gasteiger partial charge in [0.2, 0.25) is 0 Å². The van der Waals surface area contributed by atoms with Gasteiger partial charge in [0.05, 0.1) is 22.2 Å². The van der Waals surface area contributed by atoms with Crippen LogP contribution in [0.5, 0.6) is 0 Å². The molecule has 0 radical (unpaired) electrons. The predicted molar refractivity (Wildman–Crippen MR) is 91.7 cm³/mol. The van der Waals surface area contributed by atoms with Gasteiger partial charge in [-0.1, -0.05) is 37.6 Å². The topological polar surface area (TPSA) is 92.8 Å². The molecule has 6 nitrogen and oxygen atoms in total. The molecular formula is C17H17N3O3S. The van der Waals surface area contributed by atoms with Crippen LogP contribution in [0.15, 0.2) is 41.6 Å². The molecule has 2 aromatic heterocycles. The van der Waals surface area contributed by atoms with E-state index >= 15 is 0 Å². The van der Waals surface area contributed by atoms with Crippen LogP contribution in [0.3, 0.4) is 0 Å². The standard InChI is InChI=1S/C17H17N3O3S/c1-2-3-8-24(22,23)16-14(9-18-17-15(16)10-19-20-17)13-7-5-4-6-12(13)11-21/h4-7,9-11H,2-3,8H2,1H3,(H,18,19,20). The normalized spacial score (nSPS) is 11.7. The van der Waals surface area contributed by atoms with Crippen LogP contribution in [0.25, 0.3) is 22.2 Å². The molecule has 1 N–H and O–H groups in total. The summed E-state index contributed by atoms with van der Waals surface area (Å²) in [7, 11) is -3.54. The fourth-order valence-electron chi connectivity index (χ4n) is 2.69. The number of hydrogen-bond donors (Lipinski definition) is 1. The molecule has 0 saturated heterocycles. The lowest BCUT2D eigenvalue weighted by Gasteiger charge is -2.12. The number of sulfone groups is 1. The quantitative estimate of drug-likeness (QED) is 0.695. The summed E-state index contributed by atoms with van der Waals surface area (Å²) in [5.41, 5.74) is 1.83. The second-order valence-corrected chi connectivity index (χ2v) is 7.56. The van der Waals surface area contributed by atoms with Crippen LogP contribution in [-0.4, -0.2) is 35.6 Å². The summed E-state index contributed by atoms with van der Waals surface area (Å²) in [6.45, 7) is 1.94. The lowest BCUT2D eigenvalue weighted by Crippen LogP contribution is -2.09. The Morgan fingerprint density at radius 3 is 2.71 bits per heavy atom. The molecule has 3 rings (SSSR count). The molecule has 124 valence electrons. The molecule has 7 heteroatoms. The molecule has 0 bridgehead atoms. The first-order valence-corrected chi connectivity index (χ1v) is 9.33. The molecule has 0 amide bonds. The van der Waals surface area contributed by atoms with Gasteiger partial charge in [0.25, 0.3) is 0 Å². The third-order valence-electron chi connectivity index (χ3n) is 3.89. The lowest BCUT2D eigenvalue weighted by molar-refractivity contribution is 0.112. The molecule has 1 aromatic carbocycles. The van der Waals surface area contributed by atoms with Crippen LogP contribution in [-0.2, 0) is 9.84 Å². The van der Waals surface area contributed by atoms with Crippen molar-refractivity contribution in [2.75, 3.05) is 5.75 Å². The van der Waals surface area contributed by atoms with Crippen LogP contribution in [0, 0.1) is 0 Å². The number of nitrogens with one attached hydrogen (secondary N) is 1. The maximum absolute atomic E-state index is 12.9. The third kappa shape index (κ3) is 2.82. The van der Waals surface area contributed by atoms with E-state index < -0.39 is 9.84 Å². The van der Waals surface area contributed by atoms with E-state index in [2.05, 4.69) is 15.2 Å². The van der Waals surface area contributed by atoms with Crippen LogP contribution >= 0.6 is 0 Å². The van der Waals surface area contributed by atoms with Gasteiger partial charge in [-0.25, -0.2) is 13.4 Å². The Balaban J connectivity index is 2.33. The number of aromatic nitrogens is 3. The van der Waals surface area contributed by atoms with Gasteiger partial charge in [-0.2, -0.15) is 5.10 Å². The second kappa shape index (κ2) is 6.52. The van der Waals surface area contributed by atoms with Crippen molar-refractivity contribution < 1.29 is 13.2 Å². The van der Waals surface area contributed by atoms with Crippen molar-refractivity contribution in [1.82, 2.24) is 15.2 Å². The molecule has 0 aliphatic rings. The third-order valence-corrected chi connectivity index (χ3v) is 5.77. The first kappa shape index (κ1) is 16.3. The number of nitrogens with zero attached hydrogens (tertiary/aromatic N) is 2. The Bertz CT molecular complexity index is 993. The van der Waals surface area contributed by atoms with Crippen molar-refractivity contribution in [2.45, 2.75) is 24.7 Å². The second-order valence-electron chi connectivity index (χ2n) is 5.51. The van der Waals surface area contributed by atoms with Crippen LogP contribution in [0.4, 0.5) is 0 Å². The predicted octanol–water partition coefficient (Wildman–Crippen LogP) is 3.01. The average Bonchev–Trinajstić information content (AvgIpc) is 3.07. The number of pyridine rings is 1. The van der Waals surface area contributed by atoms with E-state index in [4.69, 9.17) is 0 Å². The molecule has 24 heavy (non-hydrogen) atoms. The highest BCUT2D eigenvalue weighted by Crippen LogP contribution is 2.34. The summed E-state index contributed by atoms with van der Waals surface area (Å²) in [4.78, 5) is 15.8. The SMILES string of the molecule is CCCCS(=O)(=O)c1c(-c2ccccc2C=O)cnc2[nH]ncc12. The summed E-state index contributed by atoms with van der Waals surface area (Å²) in [6, 6.07) is 6.89. The monoisotopic (exact) mass is 343 g/mol. The lowest BCUT2D eigenvalue weighted by atomic mass is 10.0. The van der Waals surface area contributed by atoms with E-state index in [0.717, 1.165) is 12.7 Å². The number of benzene rings is 1. The smallest absolute Gasteiger partial charge is 0.179 e. The van der Waals surface area contributed by atoms with Gasteiger partial charge in [0.15, 0.2) is 21.8 Å². The minimum Gasteiger partial charge on any atom is -0.298 e. The number of aromatic amines is 1. The number of carbonyl (C=O) groups excluding carboxylic acids is 1. The average molecular weight is 343 g/mol. The van der Waals surface area contributed by atoms with Crippen molar-refractivity contribution in [3.63, 3.8) is 0 Å². The van der Waals surface area contributed by atoms with Crippen molar-refractivity contribution >= 4 is 27.2 Å². The first-order chi connectivity index (χ1) is 11.6. The fraction of sp³-hybridized carbons (Fsp3) is 0.235. The molecule has 0 fully saturated rings. The van der Waals surface area contributed by atoms with Crippen LogP contribution in [0.1, 0.15) is 30.1 Å². The highest BCUT2D eigenvalue weighted by atomic mass is 32.2. The Hall–Kier alpha value is -2.54. The van der Waals surface area contributed by atoms with Crippen LogP contribution in [0.2, 0.25) is 0 Å². The number of fused-ring (bicyclic) bond motifs is 1. The van der Waals surface area contributed by atoms with Gasteiger partial charge in [0.1, 0.15) is 0 Å². The minimum absolute atomic E-state index is 0.0457. The van der Waals surface area contributed by atoms with Crippen molar-refractivity contribution in [1.29, 1.82) is 0 Å². The fourth-order valence-corrected chi connectivity index (χ4v) is 4.54. The summed E-state index contributed by atoms with van der Waals surface area (Å²) < 4.78 is 25.9. The molecule has 0 saturated carbocycles. The van der Waals surface area contributed by atoms with E-state index in [1.54, 1.807) is 24.3 Å². The zero-order chi connectivity index (χ0) is 17.2. The molecule has 3 aromatic rings. The van der Waals surface area contributed by atoms with E-state index in [9.17, 15) is 13.2 Å². The van der Waals surface area contributed by atoms with Gasteiger partial charge in [0, 0.05) is 17.3 Å². The van der Waals surface area contributed by atoms with Gasteiger partial charge in [-0.3, -0.25) is 9.89 Å². The highest BCUT2D eigenvalue weighted by molar-refractivity contribution is 7.91. The Morgan fingerprint density at radius 1 is 1.17 bits per heavy atom. The number of hydrogen-bond acceptors (Lipinski definition) is 5. The molecule has 0 aliphatic carbocycles. The van der Waals surface area contributed by atoms with Crippen LogP contribution < -0.4 is 0 Å². The van der Waals surface area contributed by atoms with E-state index in [-0.39, 0.29) is 10.6 Å². The molecular weight excluding hydrogens is 326 g/mol. The number of unbranched alkanes of at least 4 members (excludes halogenated alkanes) is 1. The van der Waals surface area contributed by atoms with Crippen molar-refractivity contribution in [2.24, 2.45) is 0 Å². The molecule has 0 aliphatic heterocycles. The Morgan fingerprint density at radius 2 is 1.96 bits per heavy atom. The summed E-state index contributed by atoms with van der Waals surface area (Å²) in [6.07, 6.45) is 5.02. The maximum atomic E-state index is 12.9. The maximum Gasteiger partial charge on any atom is 0.179 e. The number of carbonyl (C=O) groups is 1. The molecule has 2 heterocycles. The summed E-state index contributed by atoms with van der Waals surface area (Å²) in [5, 5.41) is 7.06. The van der Waals surface area contributed by atoms with Crippen molar-refractivity contribution in [3.8, 4) is 11.1 Å². The Labute approximate surface area is 139 Å². The Kier molecular flexibility index (Phi) is 4.44. The van der Waals surface area contributed by atoms with E-state index in [1.807, 2.05) is 6.92 Å². The number of aldehydes is 1. The largest absolute Gasteiger partial charge is 0.298 e. The minimum atomic E-state index is -3.54. The van der Waals surface area contributed by atoms with Gasteiger partial charge in [-0.15, -0.1) is 0 Å².